The van der Waals surface area contributed by atoms with Crippen molar-refractivity contribution in [2.75, 3.05) is 6.54 Å². The molecular weight excluding hydrogens is 158 g/mol. The average molecular weight is 173 g/mol. The highest BCUT2D eigenvalue weighted by Crippen LogP contribution is 1.93. The van der Waals surface area contributed by atoms with Gasteiger partial charge in [-0.05, 0) is 19.8 Å². The summed E-state index contributed by atoms with van der Waals surface area (Å²) in [5.74, 6) is -0.0333. The Morgan fingerprint density at radius 3 is 2.50 bits per heavy atom. The first-order valence-corrected chi connectivity index (χ1v) is 3.83. The smallest absolute Gasteiger partial charge is 0.312 e. The SMILES string of the molecule is CC(=O)[C@H](N)CCCNC(N)=O. The molecular formula is C7H15N3O2. The summed E-state index contributed by atoms with van der Waals surface area (Å²) in [6, 6.07) is -0.967. The fourth-order valence-electron chi connectivity index (χ4n) is 0.737. The normalized spacial score (nSPS) is 12.2. The van der Waals surface area contributed by atoms with Crippen LogP contribution in [-0.2, 0) is 4.79 Å². The predicted molar refractivity (Wildman–Crippen MR) is 45.5 cm³/mol. The molecule has 5 nitrogen and oxygen atoms in total. The van der Waals surface area contributed by atoms with E-state index in [1.165, 1.54) is 6.92 Å². The number of hydrogen-bond donors (Lipinski definition) is 3. The Morgan fingerprint density at radius 1 is 1.50 bits per heavy atom. The van der Waals surface area contributed by atoms with Gasteiger partial charge in [-0.1, -0.05) is 0 Å². The molecule has 0 aliphatic carbocycles. The Bertz CT molecular complexity index is 170. The van der Waals surface area contributed by atoms with Crippen LogP contribution in [0.3, 0.4) is 0 Å². The quantitative estimate of drug-likeness (QED) is 0.482. The molecule has 2 amide bonds. The third-order valence-electron chi connectivity index (χ3n) is 1.51. The van der Waals surface area contributed by atoms with Crippen molar-refractivity contribution in [3.63, 3.8) is 0 Å². The molecule has 0 saturated carbocycles. The molecule has 70 valence electrons. The third kappa shape index (κ3) is 5.67. The predicted octanol–water partition coefficient (Wildman–Crippen LogP) is -0.649. The Hall–Kier alpha value is -1.10. The van der Waals surface area contributed by atoms with E-state index in [2.05, 4.69) is 5.32 Å². The highest BCUT2D eigenvalue weighted by atomic mass is 16.2. The van der Waals surface area contributed by atoms with Crippen LogP contribution in [0.5, 0.6) is 0 Å². The van der Waals surface area contributed by atoms with Gasteiger partial charge in [-0.25, -0.2) is 4.79 Å². The maximum absolute atomic E-state index is 10.6. The maximum atomic E-state index is 10.6. The molecule has 0 aromatic heterocycles. The second-order valence-corrected chi connectivity index (χ2v) is 2.65. The third-order valence-corrected chi connectivity index (χ3v) is 1.51. The molecule has 1 atom stereocenters. The fourth-order valence-corrected chi connectivity index (χ4v) is 0.737. The maximum Gasteiger partial charge on any atom is 0.312 e. The number of hydrogen-bond acceptors (Lipinski definition) is 3. The summed E-state index contributed by atoms with van der Waals surface area (Å²) in [6.07, 6.45) is 1.25. The van der Waals surface area contributed by atoms with Gasteiger partial charge in [0.1, 0.15) is 5.78 Å². The summed E-state index contributed by atoms with van der Waals surface area (Å²) in [5, 5.41) is 2.41. The number of primary amides is 1. The van der Waals surface area contributed by atoms with Gasteiger partial charge < -0.3 is 16.8 Å². The first-order chi connectivity index (χ1) is 5.54. The minimum Gasteiger partial charge on any atom is -0.352 e. The highest BCUT2D eigenvalue weighted by molar-refractivity contribution is 5.81. The number of carbonyl (C=O) groups is 2. The lowest BCUT2D eigenvalue weighted by Crippen LogP contribution is -2.33. The minimum absolute atomic E-state index is 0.0333. The zero-order chi connectivity index (χ0) is 9.56. The lowest BCUT2D eigenvalue weighted by atomic mass is 10.1. The van der Waals surface area contributed by atoms with Crippen LogP contribution in [0.2, 0.25) is 0 Å². The Morgan fingerprint density at radius 2 is 2.08 bits per heavy atom. The van der Waals surface area contributed by atoms with E-state index in [0.29, 0.717) is 19.4 Å². The molecule has 5 N–H and O–H groups in total. The number of amides is 2. The van der Waals surface area contributed by atoms with Crippen LogP contribution in [0, 0.1) is 0 Å². The topological polar surface area (TPSA) is 98.2 Å². The van der Waals surface area contributed by atoms with Crippen molar-refractivity contribution >= 4 is 11.8 Å². The van der Waals surface area contributed by atoms with Crippen molar-refractivity contribution in [2.24, 2.45) is 11.5 Å². The van der Waals surface area contributed by atoms with Crippen LogP contribution < -0.4 is 16.8 Å². The van der Waals surface area contributed by atoms with Gasteiger partial charge in [0, 0.05) is 6.54 Å². The molecule has 0 aliphatic rings. The van der Waals surface area contributed by atoms with E-state index in [1.807, 2.05) is 0 Å². The van der Waals surface area contributed by atoms with Crippen molar-refractivity contribution in [1.29, 1.82) is 0 Å². The molecule has 0 saturated heterocycles. The van der Waals surface area contributed by atoms with E-state index in [1.54, 1.807) is 0 Å². The average Bonchev–Trinajstić information content (AvgIpc) is 1.97. The minimum atomic E-state index is -0.550. The molecule has 0 rings (SSSR count). The van der Waals surface area contributed by atoms with Crippen LogP contribution in [-0.4, -0.2) is 24.4 Å². The van der Waals surface area contributed by atoms with Crippen LogP contribution >= 0.6 is 0 Å². The Labute approximate surface area is 71.5 Å². The van der Waals surface area contributed by atoms with Crippen molar-refractivity contribution < 1.29 is 9.59 Å². The molecule has 5 heteroatoms. The summed E-state index contributed by atoms with van der Waals surface area (Å²) in [4.78, 5) is 20.8. The van der Waals surface area contributed by atoms with Crippen molar-refractivity contribution in [1.82, 2.24) is 5.32 Å². The van der Waals surface area contributed by atoms with E-state index >= 15 is 0 Å². The lowest BCUT2D eigenvalue weighted by Gasteiger charge is -2.06. The fraction of sp³-hybridized carbons (Fsp3) is 0.714. The molecule has 0 bridgehead atoms. The van der Waals surface area contributed by atoms with E-state index in [0.717, 1.165) is 0 Å². The molecule has 12 heavy (non-hydrogen) atoms. The van der Waals surface area contributed by atoms with E-state index in [-0.39, 0.29) is 5.78 Å². The monoisotopic (exact) mass is 173 g/mol. The van der Waals surface area contributed by atoms with Gasteiger partial charge in [0.25, 0.3) is 0 Å². The molecule has 0 aromatic rings. The summed E-state index contributed by atoms with van der Waals surface area (Å²) >= 11 is 0. The van der Waals surface area contributed by atoms with Crippen LogP contribution in [0.4, 0.5) is 4.79 Å². The standard InChI is InChI=1S/C7H15N3O2/c1-5(11)6(8)3-2-4-10-7(9)12/h6H,2-4,8H2,1H3,(H3,9,10,12)/t6-/m1/s1. The molecule has 0 aromatic carbocycles. The van der Waals surface area contributed by atoms with E-state index in [4.69, 9.17) is 11.5 Å². The van der Waals surface area contributed by atoms with Gasteiger partial charge in [0.05, 0.1) is 6.04 Å². The largest absolute Gasteiger partial charge is 0.352 e. The first kappa shape index (κ1) is 10.9. The Balaban J connectivity index is 3.31. The van der Waals surface area contributed by atoms with Crippen molar-refractivity contribution in [3.05, 3.63) is 0 Å². The van der Waals surface area contributed by atoms with Gasteiger partial charge in [-0.2, -0.15) is 0 Å². The van der Waals surface area contributed by atoms with Gasteiger partial charge in [0.15, 0.2) is 0 Å². The number of carbonyl (C=O) groups excluding carboxylic acids is 2. The highest BCUT2D eigenvalue weighted by Gasteiger charge is 2.06. The summed E-state index contributed by atoms with van der Waals surface area (Å²) < 4.78 is 0. The summed E-state index contributed by atoms with van der Waals surface area (Å²) in [6.45, 7) is 1.92. The summed E-state index contributed by atoms with van der Waals surface area (Å²) in [5.41, 5.74) is 10.3. The zero-order valence-electron chi connectivity index (χ0n) is 7.17. The van der Waals surface area contributed by atoms with Crippen molar-refractivity contribution in [2.45, 2.75) is 25.8 Å². The molecule has 0 aliphatic heterocycles. The van der Waals surface area contributed by atoms with Crippen molar-refractivity contribution in [3.8, 4) is 0 Å². The summed E-state index contributed by atoms with van der Waals surface area (Å²) in [7, 11) is 0. The number of nitrogens with one attached hydrogen (secondary N) is 1. The van der Waals surface area contributed by atoms with Crippen LogP contribution in [0.1, 0.15) is 19.8 Å². The molecule has 0 fully saturated rings. The molecule has 0 radical (unpaired) electrons. The second-order valence-electron chi connectivity index (χ2n) is 2.65. The Kier molecular flexibility index (Phi) is 5.03. The van der Waals surface area contributed by atoms with Gasteiger partial charge in [-0.15, -0.1) is 0 Å². The van der Waals surface area contributed by atoms with Crippen LogP contribution in [0.15, 0.2) is 0 Å². The van der Waals surface area contributed by atoms with E-state index in [9.17, 15) is 9.59 Å². The number of rotatable bonds is 5. The second kappa shape index (κ2) is 5.54. The van der Waals surface area contributed by atoms with Crippen LogP contribution in [0.25, 0.3) is 0 Å². The number of nitrogens with two attached hydrogens (primary N) is 2. The van der Waals surface area contributed by atoms with Gasteiger partial charge >= 0.3 is 6.03 Å². The van der Waals surface area contributed by atoms with E-state index < -0.39 is 12.1 Å². The van der Waals surface area contributed by atoms with Gasteiger partial charge in [-0.3, -0.25) is 4.79 Å². The van der Waals surface area contributed by atoms with Gasteiger partial charge in [0.2, 0.25) is 0 Å². The number of urea groups is 1. The molecule has 0 heterocycles. The number of Topliss-reactive ketones (excluding diaryl/α,β-unsaturated/α-hetero) is 1. The number of ketones is 1. The first-order valence-electron chi connectivity index (χ1n) is 3.83. The zero-order valence-corrected chi connectivity index (χ0v) is 7.17. The molecule has 0 spiro atoms. The molecule has 0 unspecified atom stereocenters. The lowest BCUT2D eigenvalue weighted by molar-refractivity contribution is -0.118.